The van der Waals surface area contributed by atoms with Crippen LogP contribution in [0.3, 0.4) is 0 Å². The van der Waals surface area contributed by atoms with Crippen molar-refractivity contribution in [2.45, 2.75) is 32.9 Å². The highest BCUT2D eigenvalue weighted by Crippen LogP contribution is 2.39. The van der Waals surface area contributed by atoms with Crippen molar-refractivity contribution in [1.82, 2.24) is 20.4 Å². The fourth-order valence-electron chi connectivity index (χ4n) is 3.52. The number of aryl methyl sites for hydroxylation is 1. The number of rotatable bonds is 6. The summed E-state index contributed by atoms with van der Waals surface area (Å²) in [5.74, 6) is -0.336. The van der Waals surface area contributed by atoms with E-state index in [4.69, 9.17) is 11.6 Å². The van der Waals surface area contributed by atoms with Gasteiger partial charge in [0.05, 0.1) is 33.3 Å². The van der Waals surface area contributed by atoms with E-state index in [0.717, 1.165) is 27.1 Å². The molecule has 3 rings (SSSR count). The Morgan fingerprint density at radius 2 is 1.88 bits per heavy atom. The number of amides is 2. The molecule has 2 aromatic heterocycles. The van der Waals surface area contributed by atoms with Crippen molar-refractivity contribution in [1.29, 1.82) is 0 Å². The van der Waals surface area contributed by atoms with Gasteiger partial charge in [-0.1, -0.05) is 62.7 Å². The summed E-state index contributed by atoms with van der Waals surface area (Å²) in [7, 11) is 1.80. The molecule has 2 atom stereocenters. The summed E-state index contributed by atoms with van der Waals surface area (Å²) < 4.78 is 2.91. The van der Waals surface area contributed by atoms with Crippen LogP contribution >= 0.6 is 38.9 Å². The number of nitrogens with one attached hydrogen (secondary N) is 2. The molecule has 0 aliphatic rings. The zero-order valence-corrected chi connectivity index (χ0v) is 21.2. The molecule has 32 heavy (non-hydrogen) atoms. The van der Waals surface area contributed by atoms with Gasteiger partial charge in [-0.3, -0.25) is 9.48 Å². The van der Waals surface area contributed by atoms with Crippen LogP contribution in [0.4, 0.5) is 4.79 Å². The lowest BCUT2D eigenvalue weighted by Crippen LogP contribution is -2.52. The van der Waals surface area contributed by atoms with Crippen molar-refractivity contribution in [2.75, 3.05) is 0 Å². The molecule has 0 aliphatic carbocycles. The second kappa shape index (κ2) is 9.64. The Labute approximate surface area is 203 Å². The van der Waals surface area contributed by atoms with Gasteiger partial charge in [-0.25, -0.2) is 4.79 Å². The van der Waals surface area contributed by atoms with Crippen molar-refractivity contribution in [3.05, 3.63) is 61.8 Å². The Hall–Kier alpha value is -2.36. The van der Waals surface area contributed by atoms with E-state index in [0.29, 0.717) is 14.8 Å². The Kier molecular flexibility index (Phi) is 7.32. The van der Waals surface area contributed by atoms with E-state index in [1.54, 1.807) is 24.0 Å². The molecule has 1 aromatic carbocycles. The minimum absolute atomic E-state index is 0.336. The summed E-state index contributed by atoms with van der Waals surface area (Å²) in [6.07, 6.45) is 0.516. The number of nitrogens with zero attached hydrogens (tertiary/aromatic N) is 2. The topological polar surface area (TPSA) is 96.3 Å². The van der Waals surface area contributed by atoms with Crippen LogP contribution in [0.1, 0.15) is 42.0 Å². The Bertz CT molecular complexity index is 1100. The number of aromatic nitrogens is 2. The molecule has 0 fully saturated rings. The van der Waals surface area contributed by atoms with Crippen LogP contribution in [0, 0.1) is 5.41 Å². The SMILES string of the molecule is Cn1ncc(Br)c1-c1cc(C(=O)N[C@@H](c2ccccc2)C(NC(=O)O)C(C)(C)C)sc1Cl. The van der Waals surface area contributed by atoms with Gasteiger partial charge in [0, 0.05) is 12.6 Å². The van der Waals surface area contributed by atoms with E-state index in [2.05, 4.69) is 31.7 Å². The minimum Gasteiger partial charge on any atom is -0.465 e. The van der Waals surface area contributed by atoms with Gasteiger partial charge in [0.2, 0.25) is 0 Å². The lowest BCUT2D eigenvalue weighted by atomic mass is 9.79. The van der Waals surface area contributed by atoms with Crippen molar-refractivity contribution in [3.8, 4) is 11.3 Å². The third-order valence-electron chi connectivity index (χ3n) is 5.05. The number of hydrogen-bond acceptors (Lipinski definition) is 4. The lowest BCUT2D eigenvalue weighted by Gasteiger charge is -2.37. The van der Waals surface area contributed by atoms with Crippen molar-refractivity contribution < 1.29 is 14.7 Å². The van der Waals surface area contributed by atoms with Gasteiger partial charge in [0.15, 0.2) is 0 Å². The third-order valence-corrected chi connectivity index (χ3v) is 6.99. The molecule has 0 saturated carbocycles. The molecule has 3 N–H and O–H groups in total. The molecule has 0 spiro atoms. The molecule has 2 amide bonds. The number of hydrogen-bond donors (Lipinski definition) is 3. The molecule has 0 saturated heterocycles. The number of carbonyl (C=O) groups is 2. The highest BCUT2D eigenvalue weighted by molar-refractivity contribution is 9.10. The molecule has 7 nitrogen and oxygen atoms in total. The summed E-state index contributed by atoms with van der Waals surface area (Å²) in [6, 6.07) is 9.88. The van der Waals surface area contributed by atoms with Crippen LogP contribution in [0.2, 0.25) is 4.34 Å². The maximum Gasteiger partial charge on any atom is 0.404 e. The maximum atomic E-state index is 13.3. The summed E-state index contributed by atoms with van der Waals surface area (Å²) in [5, 5.41) is 19.3. The average Bonchev–Trinajstić information content (AvgIpc) is 3.25. The van der Waals surface area contributed by atoms with Crippen LogP contribution in [0.15, 0.2) is 47.1 Å². The molecular weight excluding hydrogens is 516 g/mol. The number of thiophene rings is 1. The van der Waals surface area contributed by atoms with Crippen LogP contribution in [0.25, 0.3) is 11.3 Å². The van der Waals surface area contributed by atoms with Crippen molar-refractivity contribution >= 4 is 50.9 Å². The summed E-state index contributed by atoms with van der Waals surface area (Å²) in [4.78, 5) is 25.2. The molecule has 1 unspecified atom stereocenters. The van der Waals surface area contributed by atoms with Crippen LogP contribution in [0.5, 0.6) is 0 Å². The Morgan fingerprint density at radius 1 is 1.22 bits per heavy atom. The average molecular weight is 540 g/mol. The standard InChI is InChI=1S/C22H24BrClN4O3S/c1-22(2,3)18(27-21(30)31)16(12-8-6-5-7-9-12)26-20(29)15-10-13(19(24)32-15)17-14(23)11-25-28(17)4/h5-11,16,18,27H,1-4H3,(H,26,29)(H,30,31)/t16-,18?/m0/s1. The maximum absolute atomic E-state index is 13.3. The highest BCUT2D eigenvalue weighted by atomic mass is 79.9. The number of carbonyl (C=O) groups excluding carboxylic acids is 1. The van der Waals surface area contributed by atoms with Crippen LogP contribution < -0.4 is 10.6 Å². The lowest BCUT2D eigenvalue weighted by molar-refractivity contribution is 0.0904. The first-order valence-electron chi connectivity index (χ1n) is 9.81. The summed E-state index contributed by atoms with van der Waals surface area (Å²) in [6.45, 7) is 5.78. The van der Waals surface area contributed by atoms with E-state index in [1.165, 1.54) is 0 Å². The van der Waals surface area contributed by atoms with E-state index < -0.39 is 23.6 Å². The van der Waals surface area contributed by atoms with Gasteiger partial charge in [-0.2, -0.15) is 5.10 Å². The van der Waals surface area contributed by atoms with Crippen LogP contribution in [-0.4, -0.2) is 32.9 Å². The number of benzene rings is 1. The Balaban J connectivity index is 1.97. The van der Waals surface area contributed by atoms with Crippen molar-refractivity contribution in [3.63, 3.8) is 0 Å². The Morgan fingerprint density at radius 3 is 2.41 bits per heavy atom. The molecule has 0 aliphatic heterocycles. The van der Waals surface area contributed by atoms with Gasteiger partial charge in [0.1, 0.15) is 4.34 Å². The van der Waals surface area contributed by atoms with E-state index in [1.807, 2.05) is 51.1 Å². The molecule has 0 bridgehead atoms. The first-order valence-corrected chi connectivity index (χ1v) is 11.8. The molecule has 0 radical (unpaired) electrons. The van der Waals surface area contributed by atoms with Gasteiger partial charge in [0.25, 0.3) is 5.91 Å². The molecule has 2 heterocycles. The third kappa shape index (κ3) is 5.33. The van der Waals surface area contributed by atoms with E-state index >= 15 is 0 Å². The smallest absolute Gasteiger partial charge is 0.404 e. The van der Waals surface area contributed by atoms with Gasteiger partial charge in [-0.15, -0.1) is 11.3 Å². The quantitative estimate of drug-likeness (QED) is 0.373. The van der Waals surface area contributed by atoms with Gasteiger partial charge < -0.3 is 15.7 Å². The zero-order valence-electron chi connectivity index (χ0n) is 18.0. The fourth-order valence-corrected chi connectivity index (χ4v) is 5.26. The van der Waals surface area contributed by atoms with E-state index in [9.17, 15) is 14.7 Å². The summed E-state index contributed by atoms with van der Waals surface area (Å²) >= 11 is 11.1. The van der Waals surface area contributed by atoms with E-state index in [-0.39, 0.29) is 5.91 Å². The second-order valence-electron chi connectivity index (χ2n) is 8.42. The van der Waals surface area contributed by atoms with Gasteiger partial charge >= 0.3 is 6.09 Å². The zero-order chi connectivity index (χ0) is 23.6. The monoisotopic (exact) mass is 538 g/mol. The molecule has 3 aromatic rings. The molecule has 170 valence electrons. The largest absolute Gasteiger partial charge is 0.465 e. The van der Waals surface area contributed by atoms with Crippen molar-refractivity contribution in [2.24, 2.45) is 12.5 Å². The number of carboxylic acid groups (broad SMARTS) is 1. The van der Waals surface area contributed by atoms with Crippen LogP contribution in [-0.2, 0) is 7.05 Å². The first-order chi connectivity index (χ1) is 15.0. The first kappa shape index (κ1) is 24.3. The number of halogens is 2. The predicted molar refractivity (Wildman–Crippen MR) is 130 cm³/mol. The minimum atomic E-state index is -1.15. The second-order valence-corrected chi connectivity index (χ2v) is 10.9. The highest BCUT2D eigenvalue weighted by Gasteiger charge is 2.36. The predicted octanol–water partition coefficient (Wildman–Crippen LogP) is 5.72. The molecular formula is C22H24BrClN4O3S. The normalized spacial score (nSPS) is 13.4. The summed E-state index contributed by atoms with van der Waals surface area (Å²) in [5.41, 5.74) is 1.79. The van der Waals surface area contributed by atoms with Gasteiger partial charge in [-0.05, 0) is 33.0 Å². The molecule has 10 heteroatoms. The fraction of sp³-hybridized carbons (Fsp3) is 0.318.